The number of sulfonamides is 1. The number of aryl methyl sites for hydroxylation is 2. The van der Waals surface area contributed by atoms with Gasteiger partial charge < -0.3 is 5.32 Å². The zero-order valence-electron chi connectivity index (χ0n) is 12.9. The van der Waals surface area contributed by atoms with Crippen LogP contribution in [0.4, 0.5) is 5.82 Å². The molecule has 3 N–H and O–H groups in total. The van der Waals surface area contributed by atoms with Crippen LogP contribution < -0.4 is 10.5 Å². The highest BCUT2D eigenvalue weighted by Crippen LogP contribution is 2.17. The number of aromatic nitrogens is 3. The maximum absolute atomic E-state index is 11.5. The Kier molecular flexibility index (Phi) is 4.82. The Morgan fingerprint density at radius 1 is 1.41 bits per heavy atom. The summed E-state index contributed by atoms with van der Waals surface area (Å²) in [6.45, 7) is 7.34. The second-order valence-corrected chi connectivity index (χ2v) is 7.02. The lowest BCUT2D eigenvalue weighted by molar-refractivity contribution is 0.458. The molecule has 1 atom stereocenters. The van der Waals surface area contributed by atoms with Crippen molar-refractivity contribution in [3.8, 4) is 0 Å². The number of nitrogens with zero attached hydrogens (tertiary/aromatic N) is 3. The van der Waals surface area contributed by atoms with Gasteiger partial charge in [-0.05, 0) is 38.0 Å². The molecule has 0 fully saturated rings. The minimum atomic E-state index is -3.79. The Hall–Kier alpha value is -1.93. The molecule has 0 aliphatic rings. The first-order valence-electron chi connectivity index (χ1n) is 7.00. The van der Waals surface area contributed by atoms with E-state index in [1.165, 1.54) is 12.3 Å². The minimum Gasteiger partial charge on any atom is -0.369 e. The second kappa shape index (κ2) is 6.45. The molecule has 120 valence electrons. The number of hydrogen-bond donors (Lipinski definition) is 2. The molecule has 0 spiro atoms. The fourth-order valence-electron chi connectivity index (χ4n) is 2.24. The van der Waals surface area contributed by atoms with Gasteiger partial charge in [0.05, 0.1) is 5.69 Å². The predicted octanol–water partition coefficient (Wildman–Crippen LogP) is 1.29. The SMILES string of the molecule is Cc1cc(C)n(CC(C)CNc2ncccc2S(N)(=O)=O)n1. The van der Waals surface area contributed by atoms with Gasteiger partial charge in [-0.15, -0.1) is 0 Å². The van der Waals surface area contributed by atoms with Crippen molar-refractivity contribution < 1.29 is 8.42 Å². The van der Waals surface area contributed by atoms with Crippen LogP contribution in [-0.4, -0.2) is 29.7 Å². The fraction of sp³-hybridized carbons (Fsp3) is 0.429. The van der Waals surface area contributed by atoms with Gasteiger partial charge in [-0.1, -0.05) is 6.92 Å². The largest absolute Gasteiger partial charge is 0.369 e. The lowest BCUT2D eigenvalue weighted by Crippen LogP contribution is -2.21. The zero-order chi connectivity index (χ0) is 16.3. The van der Waals surface area contributed by atoms with Gasteiger partial charge in [-0.3, -0.25) is 4.68 Å². The molecule has 2 rings (SSSR count). The van der Waals surface area contributed by atoms with Gasteiger partial charge in [0.1, 0.15) is 10.7 Å². The van der Waals surface area contributed by atoms with Crippen LogP contribution in [0.5, 0.6) is 0 Å². The number of pyridine rings is 1. The van der Waals surface area contributed by atoms with Crippen LogP contribution in [-0.2, 0) is 16.6 Å². The molecule has 0 aliphatic heterocycles. The molecule has 7 nitrogen and oxygen atoms in total. The van der Waals surface area contributed by atoms with Crippen molar-refractivity contribution in [2.75, 3.05) is 11.9 Å². The summed E-state index contributed by atoms with van der Waals surface area (Å²) in [7, 11) is -3.79. The first-order chi connectivity index (χ1) is 10.3. The molecule has 0 bridgehead atoms. The fourth-order valence-corrected chi connectivity index (χ4v) is 2.91. The summed E-state index contributed by atoms with van der Waals surface area (Å²) in [6, 6.07) is 5.01. The summed E-state index contributed by atoms with van der Waals surface area (Å²) < 4.78 is 25.0. The van der Waals surface area contributed by atoms with Gasteiger partial charge in [0, 0.05) is 25.0 Å². The first-order valence-corrected chi connectivity index (χ1v) is 8.54. The van der Waals surface area contributed by atoms with Gasteiger partial charge in [0.2, 0.25) is 10.0 Å². The van der Waals surface area contributed by atoms with E-state index in [-0.39, 0.29) is 16.6 Å². The van der Waals surface area contributed by atoms with Crippen LogP contribution in [0, 0.1) is 19.8 Å². The maximum Gasteiger partial charge on any atom is 0.241 e. The number of nitrogens with one attached hydrogen (secondary N) is 1. The van der Waals surface area contributed by atoms with E-state index in [0.717, 1.165) is 17.9 Å². The highest BCUT2D eigenvalue weighted by Gasteiger charge is 2.15. The van der Waals surface area contributed by atoms with E-state index in [1.54, 1.807) is 6.07 Å². The molecule has 0 saturated heterocycles. The Bertz CT molecular complexity index is 754. The quantitative estimate of drug-likeness (QED) is 0.834. The number of primary sulfonamides is 1. The number of hydrogen-bond acceptors (Lipinski definition) is 5. The smallest absolute Gasteiger partial charge is 0.241 e. The van der Waals surface area contributed by atoms with E-state index >= 15 is 0 Å². The van der Waals surface area contributed by atoms with E-state index in [2.05, 4.69) is 22.3 Å². The van der Waals surface area contributed by atoms with Crippen molar-refractivity contribution in [3.05, 3.63) is 35.8 Å². The first kappa shape index (κ1) is 16.4. The van der Waals surface area contributed by atoms with E-state index in [1.807, 2.05) is 24.6 Å². The Morgan fingerprint density at radius 2 is 2.14 bits per heavy atom. The summed E-state index contributed by atoms with van der Waals surface area (Å²) in [5, 5.41) is 12.7. The van der Waals surface area contributed by atoms with E-state index in [4.69, 9.17) is 5.14 Å². The molecule has 2 heterocycles. The third-order valence-corrected chi connectivity index (χ3v) is 4.23. The predicted molar refractivity (Wildman–Crippen MR) is 85.0 cm³/mol. The Morgan fingerprint density at radius 3 is 2.73 bits per heavy atom. The average molecular weight is 323 g/mol. The molecule has 0 saturated carbocycles. The van der Waals surface area contributed by atoms with Gasteiger partial charge in [0.15, 0.2) is 0 Å². The zero-order valence-corrected chi connectivity index (χ0v) is 13.8. The minimum absolute atomic E-state index is 0.00770. The second-order valence-electron chi connectivity index (χ2n) is 5.49. The van der Waals surface area contributed by atoms with Crippen molar-refractivity contribution in [2.45, 2.75) is 32.2 Å². The third kappa shape index (κ3) is 4.05. The Balaban J connectivity index is 2.03. The summed E-state index contributed by atoms with van der Waals surface area (Å²) in [5.74, 6) is 0.526. The average Bonchev–Trinajstić information content (AvgIpc) is 2.74. The summed E-state index contributed by atoms with van der Waals surface area (Å²) in [6.07, 6.45) is 1.53. The highest BCUT2D eigenvalue weighted by molar-refractivity contribution is 7.89. The number of rotatable bonds is 6. The van der Waals surface area contributed by atoms with Gasteiger partial charge in [-0.25, -0.2) is 18.5 Å². The van der Waals surface area contributed by atoms with Gasteiger partial charge >= 0.3 is 0 Å². The van der Waals surface area contributed by atoms with E-state index < -0.39 is 10.0 Å². The molecule has 0 aliphatic carbocycles. The third-order valence-electron chi connectivity index (χ3n) is 3.28. The van der Waals surface area contributed by atoms with E-state index in [9.17, 15) is 8.42 Å². The van der Waals surface area contributed by atoms with Crippen LogP contribution in [0.25, 0.3) is 0 Å². The lowest BCUT2D eigenvalue weighted by atomic mass is 10.2. The Labute approximate surface area is 130 Å². The topological polar surface area (TPSA) is 103 Å². The van der Waals surface area contributed by atoms with Crippen molar-refractivity contribution >= 4 is 15.8 Å². The number of anilines is 1. The van der Waals surface area contributed by atoms with Crippen LogP contribution in [0.2, 0.25) is 0 Å². The molecule has 22 heavy (non-hydrogen) atoms. The van der Waals surface area contributed by atoms with Crippen molar-refractivity contribution in [2.24, 2.45) is 11.1 Å². The van der Waals surface area contributed by atoms with E-state index in [0.29, 0.717) is 6.54 Å². The van der Waals surface area contributed by atoms with Crippen LogP contribution >= 0.6 is 0 Å². The summed E-state index contributed by atoms with van der Waals surface area (Å²) in [4.78, 5) is 4.06. The molecule has 0 radical (unpaired) electrons. The monoisotopic (exact) mass is 323 g/mol. The molecular formula is C14H21N5O2S. The molecule has 2 aromatic heterocycles. The molecule has 2 aromatic rings. The molecule has 1 unspecified atom stereocenters. The van der Waals surface area contributed by atoms with Crippen molar-refractivity contribution in [3.63, 3.8) is 0 Å². The summed E-state index contributed by atoms with van der Waals surface area (Å²) in [5.41, 5.74) is 2.09. The standard InChI is InChI=1S/C14H21N5O2S/c1-10(9-19-12(3)7-11(2)18-19)8-17-14-13(22(15,20)21)5-4-6-16-14/h4-7,10H,8-9H2,1-3H3,(H,16,17)(H2,15,20,21). The number of nitrogens with two attached hydrogens (primary N) is 1. The highest BCUT2D eigenvalue weighted by atomic mass is 32.2. The van der Waals surface area contributed by atoms with Crippen LogP contribution in [0.1, 0.15) is 18.3 Å². The van der Waals surface area contributed by atoms with Crippen LogP contribution in [0.15, 0.2) is 29.3 Å². The van der Waals surface area contributed by atoms with Gasteiger partial charge in [0.25, 0.3) is 0 Å². The molecule has 0 aromatic carbocycles. The summed E-state index contributed by atoms with van der Waals surface area (Å²) >= 11 is 0. The van der Waals surface area contributed by atoms with Crippen LogP contribution in [0.3, 0.4) is 0 Å². The lowest BCUT2D eigenvalue weighted by Gasteiger charge is -2.15. The van der Waals surface area contributed by atoms with Crippen molar-refractivity contribution in [1.29, 1.82) is 0 Å². The normalized spacial score (nSPS) is 13.1. The van der Waals surface area contributed by atoms with Gasteiger partial charge in [-0.2, -0.15) is 5.10 Å². The maximum atomic E-state index is 11.5. The molecule has 0 amide bonds. The molecule has 8 heteroatoms. The van der Waals surface area contributed by atoms with Crippen molar-refractivity contribution in [1.82, 2.24) is 14.8 Å². The molecular weight excluding hydrogens is 302 g/mol.